The highest BCUT2D eigenvalue weighted by Crippen LogP contribution is 2.24. The van der Waals surface area contributed by atoms with E-state index in [1.165, 1.54) is 6.08 Å². The summed E-state index contributed by atoms with van der Waals surface area (Å²) in [7, 11) is 0. The van der Waals surface area contributed by atoms with E-state index in [1.54, 1.807) is 44.2 Å². The van der Waals surface area contributed by atoms with Crippen molar-refractivity contribution in [3.8, 4) is 0 Å². The maximum atomic E-state index is 11.9. The van der Waals surface area contributed by atoms with E-state index in [0.717, 1.165) is 5.56 Å². The molecule has 0 saturated heterocycles. The first-order valence-electron chi connectivity index (χ1n) is 7.27. The number of hydrogen-bond acceptors (Lipinski definition) is 2. The van der Waals surface area contributed by atoms with Crippen molar-refractivity contribution < 1.29 is 14.7 Å². The summed E-state index contributed by atoms with van der Waals surface area (Å²) in [4.78, 5) is 23.1. The van der Waals surface area contributed by atoms with Gasteiger partial charge in [0.05, 0.1) is 5.41 Å². The van der Waals surface area contributed by atoms with Gasteiger partial charge in [-0.1, -0.05) is 42.5 Å². The molecule has 0 unspecified atom stereocenters. The van der Waals surface area contributed by atoms with E-state index in [2.05, 4.69) is 5.32 Å². The fraction of sp³-hybridized carbons (Fsp3) is 0.158. The molecule has 2 rings (SSSR count). The third kappa shape index (κ3) is 4.30. The Labute approximate surface area is 135 Å². The first-order chi connectivity index (χ1) is 10.9. The van der Waals surface area contributed by atoms with Crippen molar-refractivity contribution in [2.75, 3.05) is 5.32 Å². The molecule has 118 valence electrons. The summed E-state index contributed by atoms with van der Waals surface area (Å²) >= 11 is 0. The molecule has 0 aliphatic carbocycles. The molecular weight excluding hydrogens is 290 g/mol. The molecule has 0 aromatic heterocycles. The maximum absolute atomic E-state index is 11.9. The van der Waals surface area contributed by atoms with Gasteiger partial charge in [0.2, 0.25) is 5.91 Å². The number of nitrogens with one attached hydrogen (secondary N) is 1. The van der Waals surface area contributed by atoms with Crippen LogP contribution in [0, 0.1) is 0 Å². The van der Waals surface area contributed by atoms with Gasteiger partial charge in [-0.05, 0) is 43.2 Å². The van der Waals surface area contributed by atoms with Crippen LogP contribution in [0.15, 0.2) is 60.7 Å². The van der Waals surface area contributed by atoms with Crippen LogP contribution in [0.1, 0.15) is 25.0 Å². The molecule has 2 aromatic rings. The molecule has 4 nitrogen and oxygen atoms in total. The second-order valence-electron chi connectivity index (χ2n) is 5.74. The highest BCUT2D eigenvalue weighted by molar-refractivity contribution is 6.01. The first kappa shape index (κ1) is 16.5. The van der Waals surface area contributed by atoms with E-state index >= 15 is 0 Å². The van der Waals surface area contributed by atoms with Crippen LogP contribution in [0.3, 0.4) is 0 Å². The van der Waals surface area contributed by atoms with Crippen molar-refractivity contribution in [1.29, 1.82) is 0 Å². The van der Waals surface area contributed by atoms with Crippen LogP contribution in [0.2, 0.25) is 0 Å². The highest BCUT2D eigenvalue weighted by Gasteiger charge is 2.29. The van der Waals surface area contributed by atoms with Gasteiger partial charge in [-0.3, -0.25) is 9.59 Å². The Morgan fingerprint density at radius 1 is 1.00 bits per heavy atom. The minimum Gasteiger partial charge on any atom is -0.481 e. The zero-order valence-electron chi connectivity index (χ0n) is 13.1. The summed E-state index contributed by atoms with van der Waals surface area (Å²) in [6.07, 6.45) is 3.20. The number of anilines is 1. The zero-order valence-corrected chi connectivity index (χ0v) is 13.1. The monoisotopic (exact) mass is 309 g/mol. The van der Waals surface area contributed by atoms with Gasteiger partial charge < -0.3 is 10.4 Å². The number of carboxylic acid groups (broad SMARTS) is 1. The van der Waals surface area contributed by atoms with Gasteiger partial charge in [-0.25, -0.2) is 0 Å². The molecule has 2 N–H and O–H groups in total. The molecule has 4 heteroatoms. The lowest BCUT2D eigenvalue weighted by Crippen LogP contribution is -2.28. The summed E-state index contributed by atoms with van der Waals surface area (Å²) in [5.41, 5.74) is 1.29. The van der Waals surface area contributed by atoms with E-state index in [1.807, 2.05) is 30.3 Å². The van der Waals surface area contributed by atoms with Gasteiger partial charge in [-0.15, -0.1) is 0 Å². The lowest BCUT2D eigenvalue weighted by Gasteiger charge is -2.19. The van der Waals surface area contributed by atoms with Gasteiger partial charge in [-0.2, -0.15) is 0 Å². The number of carbonyl (C=O) groups is 2. The highest BCUT2D eigenvalue weighted by atomic mass is 16.4. The van der Waals surface area contributed by atoms with Gasteiger partial charge >= 0.3 is 5.97 Å². The molecule has 1 amide bonds. The molecular formula is C19H19NO3. The first-order valence-corrected chi connectivity index (χ1v) is 7.27. The van der Waals surface area contributed by atoms with Crippen LogP contribution < -0.4 is 5.32 Å². The average molecular weight is 309 g/mol. The van der Waals surface area contributed by atoms with Crippen LogP contribution in [0.4, 0.5) is 5.69 Å². The van der Waals surface area contributed by atoms with E-state index in [-0.39, 0.29) is 5.91 Å². The second-order valence-corrected chi connectivity index (χ2v) is 5.74. The lowest BCUT2D eigenvalue weighted by atomic mass is 9.85. The molecule has 0 aliphatic heterocycles. The number of carboxylic acids is 1. The third-order valence-corrected chi connectivity index (χ3v) is 3.64. The summed E-state index contributed by atoms with van der Waals surface area (Å²) in [5, 5.41) is 12.0. The molecule has 23 heavy (non-hydrogen) atoms. The van der Waals surface area contributed by atoms with E-state index in [4.69, 9.17) is 0 Å². The van der Waals surface area contributed by atoms with E-state index in [9.17, 15) is 14.7 Å². The summed E-state index contributed by atoms with van der Waals surface area (Å²) in [5.74, 6) is -1.13. The van der Waals surface area contributed by atoms with Gasteiger partial charge in [0.25, 0.3) is 0 Å². The Morgan fingerprint density at radius 2 is 1.61 bits per heavy atom. The summed E-state index contributed by atoms with van der Waals surface area (Å²) in [6, 6.07) is 16.4. The smallest absolute Gasteiger partial charge is 0.313 e. The Kier molecular flexibility index (Phi) is 4.96. The number of benzene rings is 2. The van der Waals surface area contributed by atoms with Gasteiger partial charge in [0.1, 0.15) is 0 Å². The largest absolute Gasteiger partial charge is 0.481 e. The van der Waals surface area contributed by atoms with Crippen molar-refractivity contribution in [3.63, 3.8) is 0 Å². The molecule has 0 radical (unpaired) electrons. The fourth-order valence-corrected chi connectivity index (χ4v) is 2.01. The fourth-order valence-electron chi connectivity index (χ4n) is 2.01. The number of amides is 1. The molecule has 0 fully saturated rings. The molecule has 0 atom stereocenters. The van der Waals surface area contributed by atoms with Gasteiger partial charge in [0.15, 0.2) is 0 Å². The van der Waals surface area contributed by atoms with Crippen molar-refractivity contribution >= 4 is 23.6 Å². The van der Waals surface area contributed by atoms with Gasteiger partial charge in [0, 0.05) is 11.8 Å². The predicted molar refractivity (Wildman–Crippen MR) is 91.2 cm³/mol. The number of hydrogen-bond donors (Lipinski definition) is 2. The van der Waals surface area contributed by atoms with E-state index < -0.39 is 11.4 Å². The van der Waals surface area contributed by atoms with Crippen LogP contribution in [0.25, 0.3) is 6.08 Å². The lowest BCUT2D eigenvalue weighted by molar-refractivity contribution is -0.142. The van der Waals surface area contributed by atoms with Crippen LogP contribution >= 0.6 is 0 Å². The summed E-state index contributed by atoms with van der Waals surface area (Å²) in [6.45, 7) is 3.29. The SMILES string of the molecule is CC(C)(C(=O)O)c1ccc(NC(=O)/C=C/c2ccccc2)cc1. The van der Waals surface area contributed by atoms with E-state index in [0.29, 0.717) is 11.3 Å². The number of rotatable bonds is 5. The molecule has 0 aliphatic rings. The molecule has 0 bridgehead atoms. The van der Waals surface area contributed by atoms with Crippen molar-refractivity contribution in [2.24, 2.45) is 0 Å². The number of carbonyl (C=O) groups excluding carboxylic acids is 1. The zero-order chi connectivity index (χ0) is 16.9. The van der Waals surface area contributed by atoms with Crippen molar-refractivity contribution in [3.05, 3.63) is 71.8 Å². The average Bonchev–Trinajstić information content (AvgIpc) is 2.54. The van der Waals surface area contributed by atoms with Crippen LogP contribution in [0.5, 0.6) is 0 Å². The van der Waals surface area contributed by atoms with Crippen molar-refractivity contribution in [2.45, 2.75) is 19.3 Å². The summed E-state index contributed by atoms with van der Waals surface area (Å²) < 4.78 is 0. The van der Waals surface area contributed by atoms with Crippen molar-refractivity contribution in [1.82, 2.24) is 0 Å². The Morgan fingerprint density at radius 3 is 2.17 bits per heavy atom. The molecule has 0 saturated carbocycles. The molecule has 0 heterocycles. The topological polar surface area (TPSA) is 66.4 Å². The normalized spacial score (nSPS) is 11.4. The molecule has 2 aromatic carbocycles. The Balaban J connectivity index is 2.02. The van der Waals surface area contributed by atoms with Crippen LogP contribution in [-0.2, 0) is 15.0 Å². The molecule has 0 spiro atoms. The Bertz CT molecular complexity index is 716. The quantitative estimate of drug-likeness (QED) is 0.828. The number of aliphatic carboxylic acids is 1. The third-order valence-electron chi connectivity index (χ3n) is 3.64. The van der Waals surface area contributed by atoms with Crippen LogP contribution in [-0.4, -0.2) is 17.0 Å². The minimum absolute atomic E-state index is 0.237. The Hall–Kier alpha value is -2.88. The standard InChI is InChI=1S/C19H19NO3/c1-19(2,18(22)23)15-9-11-16(12-10-15)20-17(21)13-8-14-6-4-3-5-7-14/h3-13H,1-2H3,(H,20,21)(H,22,23)/b13-8+. The minimum atomic E-state index is -0.963. The maximum Gasteiger partial charge on any atom is 0.313 e. The second kappa shape index (κ2) is 6.92. The predicted octanol–water partition coefficient (Wildman–Crippen LogP) is 3.70.